The van der Waals surface area contributed by atoms with E-state index in [2.05, 4.69) is 25.9 Å². The number of rotatable bonds is 17. The number of carbonyl (C=O) groups excluding carboxylic acids is 3. The number of hydrogen-bond donors (Lipinski definition) is 8. The van der Waals surface area contributed by atoms with E-state index in [0.29, 0.717) is 25.1 Å². The molecule has 39 heavy (non-hydrogen) atoms. The van der Waals surface area contributed by atoms with Crippen molar-refractivity contribution in [1.82, 2.24) is 25.9 Å². The van der Waals surface area contributed by atoms with Crippen LogP contribution < -0.4 is 27.4 Å². The highest BCUT2D eigenvalue weighted by atomic mass is 16.4. The smallest absolute Gasteiger partial charge is 0.326 e. The zero-order valence-corrected chi connectivity index (χ0v) is 21.3. The number of nitrogens with two attached hydrogens (primary N) is 2. The summed E-state index contributed by atoms with van der Waals surface area (Å²) in [7, 11) is 0. The van der Waals surface area contributed by atoms with Gasteiger partial charge in [-0.25, -0.2) is 9.78 Å². The molecule has 0 aliphatic rings. The molecule has 0 saturated heterocycles. The molecule has 10 N–H and O–H groups in total. The van der Waals surface area contributed by atoms with Gasteiger partial charge in [0.1, 0.15) is 18.1 Å². The number of hydrogen-bond acceptors (Lipinski definition) is 8. The molecule has 14 nitrogen and oxygen atoms in total. The first-order valence-corrected chi connectivity index (χ1v) is 12.4. The summed E-state index contributed by atoms with van der Waals surface area (Å²) in [6.45, 7) is 0.330. The summed E-state index contributed by atoms with van der Waals surface area (Å²) in [4.78, 5) is 68.5. The number of imidazole rings is 1. The van der Waals surface area contributed by atoms with Crippen LogP contribution in [-0.4, -0.2) is 80.6 Å². The number of carboxylic acids is 2. The van der Waals surface area contributed by atoms with Gasteiger partial charge in [-0.05, 0) is 37.8 Å². The minimum atomic E-state index is -1.53. The van der Waals surface area contributed by atoms with Crippen molar-refractivity contribution in [2.24, 2.45) is 11.5 Å². The number of aliphatic carboxylic acids is 2. The van der Waals surface area contributed by atoms with Gasteiger partial charge < -0.3 is 42.6 Å². The Morgan fingerprint density at radius 2 is 1.51 bits per heavy atom. The van der Waals surface area contributed by atoms with E-state index in [1.165, 1.54) is 12.5 Å². The van der Waals surface area contributed by atoms with Crippen molar-refractivity contribution >= 4 is 29.7 Å². The summed E-state index contributed by atoms with van der Waals surface area (Å²) in [5, 5.41) is 26.1. The van der Waals surface area contributed by atoms with Gasteiger partial charge >= 0.3 is 11.9 Å². The van der Waals surface area contributed by atoms with Gasteiger partial charge in [0, 0.05) is 18.3 Å². The van der Waals surface area contributed by atoms with Gasteiger partial charge in [-0.1, -0.05) is 30.3 Å². The lowest BCUT2D eigenvalue weighted by molar-refractivity contribution is -0.143. The Morgan fingerprint density at radius 3 is 2.10 bits per heavy atom. The molecule has 4 unspecified atom stereocenters. The SMILES string of the molecule is NCCCCC(NC(=O)C(CC(=O)O)NC(=O)C(N)Cc1ccccc1)C(=O)NC(Cc1cnc[nH]1)C(=O)O. The number of unbranched alkanes of at least 4 members (excludes halogenated alkanes) is 1. The fraction of sp³-hybridized carbons (Fsp3) is 0.440. The molecule has 0 radical (unpaired) electrons. The fourth-order valence-electron chi connectivity index (χ4n) is 3.75. The summed E-state index contributed by atoms with van der Waals surface area (Å²) in [6.07, 6.45) is 3.16. The van der Waals surface area contributed by atoms with E-state index in [-0.39, 0.29) is 19.3 Å². The molecule has 1 heterocycles. The van der Waals surface area contributed by atoms with Gasteiger partial charge in [0.15, 0.2) is 0 Å². The minimum Gasteiger partial charge on any atom is -0.481 e. The summed E-state index contributed by atoms with van der Waals surface area (Å²) in [5.74, 6) is -5.11. The number of nitrogens with one attached hydrogen (secondary N) is 4. The molecule has 1 aromatic heterocycles. The van der Waals surface area contributed by atoms with Crippen LogP contribution in [0.15, 0.2) is 42.9 Å². The number of benzene rings is 1. The van der Waals surface area contributed by atoms with Crippen LogP contribution in [0.1, 0.15) is 36.9 Å². The van der Waals surface area contributed by atoms with E-state index in [1.807, 2.05) is 0 Å². The average Bonchev–Trinajstić information content (AvgIpc) is 3.40. The molecule has 0 aliphatic carbocycles. The Morgan fingerprint density at radius 1 is 0.872 bits per heavy atom. The number of amides is 3. The van der Waals surface area contributed by atoms with E-state index in [0.717, 1.165) is 5.56 Å². The second kappa shape index (κ2) is 15.8. The Kier molecular flexibility index (Phi) is 12.6. The summed E-state index contributed by atoms with van der Waals surface area (Å²) < 4.78 is 0. The Balaban J connectivity index is 2.11. The maximum atomic E-state index is 13.1. The van der Waals surface area contributed by atoms with Crippen LogP contribution in [0.3, 0.4) is 0 Å². The number of carbonyl (C=O) groups is 5. The first-order valence-electron chi connectivity index (χ1n) is 12.4. The predicted octanol–water partition coefficient (Wildman–Crippen LogP) is -1.34. The molecule has 1 aromatic carbocycles. The van der Waals surface area contributed by atoms with E-state index < -0.39 is 60.2 Å². The Bertz CT molecular complexity index is 1100. The van der Waals surface area contributed by atoms with Crippen LogP contribution >= 0.6 is 0 Å². The molecule has 14 heteroatoms. The van der Waals surface area contributed by atoms with Crippen molar-refractivity contribution in [1.29, 1.82) is 0 Å². The van der Waals surface area contributed by atoms with E-state index in [9.17, 15) is 34.2 Å². The van der Waals surface area contributed by atoms with Crippen molar-refractivity contribution < 1.29 is 34.2 Å². The summed E-state index contributed by atoms with van der Waals surface area (Å²) in [6, 6.07) is 3.79. The van der Waals surface area contributed by atoms with Crippen molar-refractivity contribution in [3.8, 4) is 0 Å². The predicted molar refractivity (Wildman–Crippen MR) is 139 cm³/mol. The van der Waals surface area contributed by atoms with Crippen molar-refractivity contribution in [2.75, 3.05) is 6.54 Å². The van der Waals surface area contributed by atoms with Gasteiger partial charge in [0.2, 0.25) is 17.7 Å². The van der Waals surface area contributed by atoms with Gasteiger partial charge in [-0.2, -0.15) is 0 Å². The third-order valence-corrected chi connectivity index (χ3v) is 5.82. The molecule has 212 valence electrons. The third kappa shape index (κ3) is 10.9. The molecule has 0 saturated carbocycles. The molecule has 4 atom stereocenters. The summed E-state index contributed by atoms with van der Waals surface area (Å²) >= 11 is 0. The van der Waals surface area contributed by atoms with Gasteiger partial charge in [-0.15, -0.1) is 0 Å². The quantitative estimate of drug-likeness (QED) is 0.109. The highest BCUT2D eigenvalue weighted by molar-refractivity contribution is 5.95. The molecule has 2 rings (SSSR count). The van der Waals surface area contributed by atoms with Crippen LogP contribution in [0.5, 0.6) is 0 Å². The van der Waals surface area contributed by atoms with Crippen molar-refractivity contribution in [2.45, 2.75) is 62.7 Å². The lowest BCUT2D eigenvalue weighted by atomic mass is 10.0. The second-order valence-corrected chi connectivity index (χ2v) is 8.98. The number of aromatic amines is 1. The fourth-order valence-corrected chi connectivity index (χ4v) is 3.75. The van der Waals surface area contributed by atoms with Gasteiger partial charge in [0.25, 0.3) is 0 Å². The zero-order chi connectivity index (χ0) is 28.8. The molecular formula is C25H35N7O7. The second-order valence-electron chi connectivity index (χ2n) is 8.98. The third-order valence-electron chi connectivity index (χ3n) is 5.82. The molecule has 3 amide bonds. The largest absolute Gasteiger partial charge is 0.481 e. The van der Waals surface area contributed by atoms with Crippen molar-refractivity contribution in [3.63, 3.8) is 0 Å². The Labute approximate surface area is 224 Å². The molecule has 0 spiro atoms. The molecule has 2 aromatic rings. The number of nitrogens with zero attached hydrogens (tertiary/aromatic N) is 1. The molecular weight excluding hydrogens is 510 g/mol. The number of aromatic nitrogens is 2. The van der Waals surface area contributed by atoms with Gasteiger partial charge in [0.05, 0.1) is 18.8 Å². The van der Waals surface area contributed by atoms with E-state index >= 15 is 0 Å². The van der Waals surface area contributed by atoms with Crippen LogP contribution in [0.25, 0.3) is 0 Å². The van der Waals surface area contributed by atoms with Crippen LogP contribution in [0.2, 0.25) is 0 Å². The van der Waals surface area contributed by atoms with Crippen LogP contribution in [-0.2, 0) is 36.8 Å². The zero-order valence-electron chi connectivity index (χ0n) is 21.3. The number of carboxylic acid groups (broad SMARTS) is 2. The summed E-state index contributed by atoms with van der Waals surface area (Å²) in [5.41, 5.74) is 12.7. The molecule has 0 aliphatic heterocycles. The molecule has 0 bridgehead atoms. The van der Waals surface area contributed by atoms with Crippen LogP contribution in [0, 0.1) is 0 Å². The average molecular weight is 546 g/mol. The van der Waals surface area contributed by atoms with Crippen LogP contribution in [0.4, 0.5) is 0 Å². The van der Waals surface area contributed by atoms with Crippen molar-refractivity contribution in [3.05, 3.63) is 54.1 Å². The number of H-pyrrole nitrogens is 1. The topological polar surface area (TPSA) is 243 Å². The Hall–Kier alpha value is -4.30. The highest BCUT2D eigenvalue weighted by Gasteiger charge is 2.31. The van der Waals surface area contributed by atoms with E-state index in [1.54, 1.807) is 30.3 Å². The molecule has 0 fully saturated rings. The lowest BCUT2D eigenvalue weighted by Crippen LogP contribution is -2.57. The minimum absolute atomic E-state index is 0.0818. The normalized spacial score (nSPS) is 13.9. The first kappa shape index (κ1) is 30.9. The maximum absolute atomic E-state index is 13.1. The maximum Gasteiger partial charge on any atom is 0.326 e. The standard InChI is InChI=1S/C25H35N7O7/c26-9-5-4-8-18(23(36)32-20(25(38)39)11-16-13-28-14-29-16)30-24(37)19(12-21(33)34)31-22(35)17(27)10-15-6-2-1-3-7-15/h1-3,6-7,13-14,17-20H,4-5,8-12,26-27H2,(H,28,29)(H,30,37)(H,31,35)(H,32,36)(H,33,34)(H,38,39). The van der Waals surface area contributed by atoms with E-state index in [4.69, 9.17) is 11.5 Å². The highest BCUT2D eigenvalue weighted by Crippen LogP contribution is 2.07. The lowest BCUT2D eigenvalue weighted by Gasteiger charge is -2.24. The monoisotopic (exact) mass is 545 g/mol. The first-order chi connectivity index (χ1) is 18.6. The van der Waals surface area contributed by atoms with Gasteiger partial charge in [-0.3, -0.25) is 19.2 Å².